The summed E-state index contributed by atoms with van der Waals surface area (Å²) >= 11 is 1.47. The van der Waals surface area contributed by atoms with Gasteiger partial charge in [-0.1, -0.05) is 6.07 Å². The summed E-state index contributed by atoms with van der Waals surface area (Å²) in [7, 11) is 0. The Kier molecular flexibility index (Phi) is 5.80. The van der Waals surface area contributed by atoms with Crippen LogP contribution in [0.15, 0.2) is 41.8 Å². The second-order valence-electron chi connectivity index (χ2n) is 4.76. The fourth-order valence-electron chi connectivity index (χ4n) is 1.81. The second-order valence-corrected chi connectivity index (χ2v) is 5.74. The van der Waals surface area contributed by atoms with Gasteiger partial charge in [0.15, 0.2) is 6.61 Å². The van der Waals surface area contributed by atoms with Gasteiger partial charge in [0.05, 0.1) is 4.92 Å². The van der Waals surface area contributed by atoms with Gasteiger partial charge in [0.2, 0.25) is 0 Å². The average molecular weight is 346 g/mol. The van der Waals surface area contributed by atoms with Crippen molar-refractivity contribution in [3.05, 3.63) is 62.3 Å². The van der Waals surface area contributed by atoms with Gasteiger partial charge in [0, 0.05) is 28.8 Å². The number of nitrogens with one attached hydrogen (secondary N) is 1. The number of nitrogens with zero attached hydrogens (tertiary/aromatic N) is 1. The van der Waals surface area contributed by atoms with Crippen molar-refractivity contribution in [3.63, 3.8) is 0 Å². The molecule has 24 heavy (non-hydrogen) atoms. The first-order chi connectivity index (χ1) is 11.5. The number of benzene rings is 1. The highest BCUT2D eigenvalue weighted by Gasteiger charge is 2.11. The van der Waals surface area contributed by atoms with Crippen LogP contribution in [0.5, 0.6) is 0 Å². The van der Waals surface area contributed by atoms with E-state index in [1.165, 1.54) is 35.6 Å². The molecule has 1 N–H and O–H groups in total. The van der Waals surface area contributed by atoms with Gasteiger partial charge in [0.25, 0.3) is 11.6 Å². The summed E-state index contributed by atoms with van der Waals surface area (Å²) in [5.41, 5.74) is 0.910. The van der Waals surface area contributed by atoms with E-state index >= 15 is 0 Å². The van der Waals surface area contributed by atoms with Gasteiger partial charge in [-0.25, -0.2) is 4.79 Å². The topological polar surface area (TPSA) is 98.5 Å². The van der Waals surface area contributed by atoms with Crippen LogP contribution >= 0.6 is 11.3 Å². The molecule has 0 aliphatic rings. The van der Waals surface area contributed by atoms with Crippen molar-refractivity contribution in [2.45, 2.75) is 6.92 Å². The number of esters is 1. The highest BCUT2D eigenvalue weighted by Crippen LogP contribution is 2.21. The lowest BCUT2D eigenvalue weighted by Gasteiger charge is -2.08. The Balaban J connectivity index is 1.85. The molecule has 7 nitrogen and oxygen atoms in total. The maximum atomic E-state index is 11.8. The molecule has 2 rings (SSSR count). The summed E-state index contributed by atoms with van der Waals surface area (Å²) < 4.78 is 4.83. The molecule has 8 heteroatoms. The predicted molar refractivity (Wildman–Crippen MR) is 90.8 cm³/mol. The standard InChI is InChI=1S/C16H14N2O5S/c1-11-9-12(18(21)22)4-6-14(11)17-15(19)10-23-16(20)7-5-13-3-2-8-24-13/h2-9H,10H2,1H3,(H,17,19)/b7-5+. The van der Waals surface area contributed by atoms with Crippen LogP contribution in [-0.2, 0) is 14.3 Å². The zero-order valence-corrected chi connectivity index (χ0v) is 13.5. The van der Waals surface area contributed by atoms with Crippen LogP contribution in [0.25, 0.3) is 6.08 Å². The van der Waals surface area contributed by atoms with Gasteiger partial charge in [0.1, 0.15) is 0 Å². The Morgan fingerprint density at radius 1 is 1.38 bits per heavy atom. The molecule has 1 heterocycles. The number of anilines is 1. The largest absolute Gasteiger partial charge is 0.452 e. The van der Waals surface area contributed by atoms with Crippen molar-refractivity contribution < 1.29 is 19.2 Å². The van der Waals surface area contributed by atoms with Crippen molar-refractivity contribution in [2.24, 2.45) is 0 Å². The van der Waals surface area contributed by atoms with E-state index in [0.717, 1.165) is 4.88 Å². The monoisotopic (exact) mass is 346 g/mol. The zero-order valence-electron chi connectivity index (χ0n) is 12.7. The minimum Gasteiger partial charge on any atom is -0.452 e. The Morgan fingerprint density at radius 3 is 2.79 bits per heavy atom. The normalized spacial score (nSPS) is 10.5. The van der Waals surface area contributed by atoms with E-state index in [4.69, 9.17) is 4.74 Å². The average Bonchev–Trinajstić information content (AvgIpc) is 3.06. The number of rotatable bonds is 6. The number of carbonyl (C=O) groups is 2. The number of amides is 1. The van der Waals surface area contributed by atoms with Crippen LogP contribution < -0.4 is 5.32 Å². The van der Waals surface area contributed by atoms with E-state index in [9.17, 15) is 19.7 Å². The van der Waals surface area contributed by atoms with Crippen molar-refractivity contribution >= 4 is 40.7 Å². The maximum absolute atomic E-state index is 11.8. The summed E-state index contributed by atoms with van der Waals surface area (Å²) in [6, 6.07) is 7.78. The number of hydrogen-bond acceptors (Lipinski definition) is 6. The van der Waals surface area contributed by atoms with Gasteiger partial charge >= 0.3 is 5.97 Å². The number of nitro benzene ring substituents is 1. The van der Waals surface area contributed by atoms with Crippen LogP contribution in [0.3, 0.4) is 0 Å². The van der Waals surface area contributed by atoms with Gasteiger partial charge < -0.3 is 10.1 Å². The lowest BCUT2D eigenvalue weighted by atomic mass is 10.2. The van der Waals surface area contributed by atoms with E-state index in [1.54, 1.807) is 13.0 Å². The zero-order chi connectivity index (χ0) is 17.5. The molecule has 0 bridgehead atoms. The Hall–Kier alpha value is -3.00. The molecule has 1 amide bonds. The third-order valence-corrected chi connectivity index (χ3v) is 3.80. The third-order valence-electron chi connectivity index (χ3n) is 2.97. The Bertz CT molecular complexity index is 784. The van der Waals surface area contributed by atoms with E-state index in [-0.39, 0.29) is 5.69 Å². The van der Waals surface area contributed by atoms with Gasteiger partial charge in [-0.15, -0.1) is 11.3 Å². The Morgan fingerprint density at radius 2 is 2.17 bits per heavy atom. The summed E-state index contributed by atoms with van der Waals surface area (Å²) in [6.07, 6.45) is 2.85. The number of ether oxygens (including phenoxy) is 1. The van der Waals surface area contributed by atoms with Crippen LogP contribution in [-0.4, -0.2) is 23.4 Å². The number of thiophene rings is 1. The first kappa shape index (κ1) is 17.4. The van der Waals surface area contributed by atoms with E-state index < -0.39 is 23.4 Å². The molecule has 1 aromatic carbocycles. The van der Waals surface area contributed by atoms with E-state index in [0.29, 0.717) is 11.3 Å². The summed E-state index contributed by atoms with van der Waals surface area (Å²) in [6.45, 7) is 1.20. The minimum absolute atomic E-state index is 0.0596. The first-order valence-electron chi connectivity index (χ1n) is 6.89. The van der Waals surface area contributed by atoms with Crippen molar-refractivity contribution in [1.29, 1.82) is 0 Å². The lowest BCUT2D eigenvalue weighted by molar-refractivity contribution is -0.384. The van der Waals surface area contributed by atoms with Crippen LogP contribution in [0.4, 0.5) is 11.4 Å². The maximum Gasteiger partial charge on any atom is 0.331 e. The molecule has 0 radical (unpaired) electrons. The van der Waals surface area contributed by atoms with Crippen LogP contribution in [0, 0.1) is 17.0 Å². The molecule has 0 aliphatic carbocycles. The van der Waals surface area contributed by atoms with Crippen LogP contribution in [0.1, 0.15) is 10.4 Å². The molecule has 0 fully saturated rings. The molecule has 0 aliphatic heterocycles. The highest BCUT2D eigenvalue weighted by molar-refractivity contribution is 7.10. The van der Waals surface area contributed by atoms with Gasteiger partial charge in [-0.2, -0.15) is 0 Å². The van der Waals surface area contributed by atoms with E-state index in [1.807, 2.05) is 17.5 Å². The minimum atomic E-state index is -0.626. The van der Waals surface area contributed by atoms with Crippen LogP contribution in [0.2, 0.25) is 0 Å². The Labute approximate surface area is 141 Å². The van der Waals surface area contributed by atoms with Crippen molar-refractivity contribution in [1.82, 2.24) is 0 Å². The smallest absolute Gasteiger partial charge is 0.331 e. The number of non-ortho nitro benzene ring substituents is 1. The molecule has 0 atom stereocenters. The van der Waals surface area contributed by atoms with Crippen molar-refractivity contribution in [2.75, 3.05) is 11.9 Å². The molecule has 0 saturated heterocycles. The molecular formula is C16H14N2O5S. The summed E-state index contributed by atoms with van der Waals surface area (Å²) in [5.74, 6) is -1.15. The third kappa shape index (κ3) is 5.03. The summed E-state index contributed by atoms with van der Waals surface area (Å²) in [5, 5.41) is 15.1. The van der Waals surface area contributed by atoms with E-state index in [2.05, 4.69) is 5.32 Å². The first-order valence-corrected chi connectivity index (χ1v) is 7.77. The lowest BCUT2D eigenvalue weighted by Crippen LogP contribution is -2.20. The molecule has 124 valence electrons. The molecule has 0 spiro atoms. The number of hydrogen-bond donors (Lipinski definition) is 1. The molecule has 1 aromatic heterocycles. The number of nitro groups is 1. The number of aryl methyl sites for hydroxylation is 1. The highest BCUT2D eigenvalue weighted by atomic mass is 32.1. The predicted octanol–water partition coefficient (Wildman–Crippen LogP) is 3.16. The second kappa shape index (κ2) is 8.02. The SMILES string of the molecule is Cc1cc([N+](=O)[O-])ccc1NC(=O)COC(=O)/C=C/c1cccs1. The summed E-state index contributed by atoms with van der Waals surface area (Å²) in [4.78, 5) is 34.4. The molecule has 0 saturated carbocycles. The van der Waals surface area contributed by atoms with Gasteiger partial charge in [-0.3, -0.25) is 14.9 Å². The fourth-order valence-corrected chi connectivity index (χ4v) is 2.43. The molecule has 2 aromatic rings. The molecular weight excluding hydrogens is 332 g/mol. The fraction of sp³-hybridized carbons (Fsp3) is 0.125. The number of carbonyl (C=O) groups excluding carboxylic acids is 2. The van der Waals surface area contributed by atoms with Crippen molar-refractivity contribution in [3.8, 4) is 0 Å². The van der Waals surface area contributed by atoms with Gasteiger partial charge in [-0.05, 0) is 36.1 Å². The molecule has 0 unspecified atom stereocenters. The quantitative estimate of drug-likeness (QED) is 0.375.